The summed E-state index contributed by atoms with van der Waals surface area (Å²) in [6, 6.07) is 4.33. The van der Waals surface area contributed by atoms with Gasteiger partial charge in [-0.25, -0.2) is 8.78 Å². The van der Waals surface area contributed by atoms with E-state index in [1.807, 2.05) is 6.92 Å². The summed E-state index contributed by atoms with van der Waals surface area (Å²) in [5.74, 6) is -1.60. The van der Waals surface area contributed by atoms with Crippen LogP contribution in [0.1, 0.15) is 25.3 Å². The van der Waals surface area contributed by atoms with E-state index in [9.17, 15) is 8.78 Å². The molecular weight excluding hydrogens is 212 g/mol. The molecule has 0 saturated heterocycles. The molecule has 0 aromatic heterocycles. The van der Waals surface area contributed by atoms with Gasteiger partial charge in [-0.3, -0.25) is 0 Å². The Kier molecular flexibility index (Phi) is 5.35. The van der Waals surface area contributed by atoms with Crippen LogP contribution in [0.5, 0.6) is 0 Å². The fourth-order valence-electron chi connectivity index (χ4n) is 1.47. The Balaban J connectivity index is 2.45. The molecular formula is C12H17F2NO. The Bertz CT molecular complexity index is 331. The molecule has 0 radical (unpaired) electrons. The van der Waals surface area contributed by atoms with E-state index in [1.165, 1.54) is 6.07 Å². The van der Waals surface area contributed by atoms with E-state index in [2.05, 4.69) is 5.32 Å². The number of benzene rings is 1. The summed E-state index contributed by atoms with van der Waals surface area (Å²) >= 11 is 0. The molecule has 0 amide bonds. The maximum atomic E-state index is 13.2. The highest BCUT2D eigenvalue weighted by Gasteiger charge is 2.08. The molecule has 1 aromatic carbocycles. The van der Waals surface area contributed by atoms with Crippen molar-refractivity contribution in [3.63, 3.8) is 0 Å². The van der Waals surface area contributed by atoms with Crippen molar-refractivity contribution < 1.29 is 13.9 Å². The molecule has 0 saturated carbocycles. The lowest BCUT2D eigenvalue weighted by molar-refractivity contribution is 0.276. The van der Waals surface area contributed by atoms with E-state index in [1.54, 1.807) is 6.07 Å². The quantitative estimate of drug-likeness (QED) is 0.784. The Morgan fingerprint density at radius 1 is 1.38 bits per heavy atom. The van der Waals surface area contributed by atoms with Gasteiger partial charge in [-0.1, -0.05) is 12.1 Å². The standard InChI is InChI=1S/C12H17F2NO/c1-9(4-3-7-16)15-8-10-5-2-6-11(13)12(10)14/h2,5-6,9,15-16H,3-4,7-8H2,1H3. The molecule has 4 heteroatoms. The van der Waals surface area contributed by atoms with Crippen molar-refractivity contribution in [1.29, 1.82) is 0 Å². The van der Waals surface area contributed by atoms with Crippen molar-refractivity contribution in [3.05, 3.63) is 35.4 Å². The van der Waals surface area contributed by atoms with Gasteiger partial charge in [0.25, 0.3) is 0 Å². The van der Waals surface area contributed by atoms with Crippen molar-refractivity contribution >= 4 is 0 Å². The number of halogens is 2. The summed E-state index contributed by atoms with van der Waals surface area (Å²) in [6.45, 7) is 2.41. The van der Waals surface area contributed by atoms with E-state index in [4.69, 9.17) is 5.11 Å². The van der Waals surface area contributed by atoms with E-state index >= 15 is 0 Å². The molecule has 1 aromatic rings. The van der Waals surface area contributed by atoms with Crippen molar-refractivity contribution in [3.8, 4) is 0 Å². The van der Waals surface area contributed by atoms with Gasteiger partial charge in [0, 0.05) is 24.8 Å². The van der Waals surface area contributed by atoms with Crippen LogP contribution >= 0.6 is 0 Å². The SMILES string of the molecule is CC(CCCO)NCc1cccc(F)c1F. The maximum absolute atomic E-state index is 13.2. The number of aliphatic hydroxyl groups excluding tert-OH is 1. The van der Waals surface area contributed by atoms with Gasteiger partial charge >= 0.3 is 0 Å². The van der Waals surface area contributed by atoms with Gasteiger partial charge < -0.3 is 10.4 Å². The summed E-state index contributed by atoms with van der Waals surface area (Å²) in [5, 5.41) is 11.7. The molecule has 0 bridgehead atoms. The zero-order valence-corrected chi connectivity index (χ0v) is 9.34. The number of hydrogen-bond acceptors (Lipinski definition) is 2. The van der Waals surface area contributed by atoms with Gasteiger partial charge in [0.1, 0.15) is 0 Å². The highest BCUT2D eigenvalue weighted by atomic mass is 19.2. The van der Waals surface area contributed by atoms with Crippen LogP contribution in [0.2, 0.25) is 0 Å². The van der Waals surface area contributed by atoms with Gasteiger partial charge in [-0.15, -0.1) is 0 Å². The summed E-state index contributed by atoms with van der Waals surface area (Å²) in [4.78, 5) is 0. The van der Waals surface area contributed by atoms with Gasteiger partial charge in [0.2, 0.25) is 0 Å². The van der Waals surface area contributed by atoms with Gasteiger partial charge in [0.15, 0.2) is 11.6 Å². The molecule has 1 unspecified atom stereocenters. The van der Waals surface area contributed by atoms with Crippen LogP contribution < -0.4 is 5.32 Å². The third-order valence-electron chi connectivity index (χ3n) is 2.47. The molecule has 0 fully saturated rings. The minimum absolute atomic E-state index is 0.153. The van der Waals surface area contributed by atoms with E-state index in [0.717, 1.165) is 12.5 Å². The first kappa shape index (κ1) is 13.1. The van der Waals surface area contributed by atoms with Crippen LogP contribution in [0.4, 0.5) is 8.78 Å². The van der Waals surface area contributed by atoms with Crippen LogP contribution in [0.3, 0.4) is 0 Å². The van der Waals surface area contributed by atoms with Crippen LogP contribution in [-0.2, 0) is 6.54 Å². The molecule has 0 aliphatic rings. The van der Waals surface area contributed by atoms with Crippen LogP contribution in [0, 0.1) is 11.6 Å². The van der Waals surface area contributed by atoms with Crippen LogP contribution in [0.15, 0.2) is 18.2 Å². The predicted molar refractivity (Wildman–Crippen MR) is 59.0 cm³/mol. The van der Waals surface area contributed by atoms with Gasteiger partial charge in [0.05, 0.1) is 0 Å². The Labute approximate surface area is 94.3 Å². The van der Waals surface area contributed by atoms with Crippen molar-refractivity contribution in [2.45, 2.75) is 32.4 Å². The molecule has 0 aliphatic heterocycles. The number of rotatable bonds is 6. The second kappa shape index (κ2) is 6.55. The average Bonchev–Trinajstić information content (AvgIpc) is 2.28. The van der Waals surface area contributed by atoms with E-state index in [0.29, 0.717) is 18.5 Å². The molecule has 1 atom stereocenters. The highest BCUT2D eigenvalue weighted by molar-refractivity contribution is 5.18. The Morgan fingerprint density at radius 3 is 2.81 bits per heavy atom. The van der Waals surface area contributed by atoms with Crippen LogP contribution in [-0.4, -0.2) is 17.8 Å². The van der Waals surface area contributed by atoms with Gasteiger partial charge in [-0.2, -0.15) is 0 Å². The predicted octanol–water partition coefficient (Wildman–Crippen LogP) is 2.22. The molecule has 1 rings (SSSR count). The van der Waals surface area contributed by atoms with Crippen molar-refractivity contribution in [2.24, 2.45) is 0 Å². The van der Waals surface area contributed by atoms with E-state index < -0.39 is 11.6 Å². The molecule has 0 spiro atoms. The second-order valence-electron chi connectivity index (χ2n) is 3.86. The first-order valence-electron chi connectivity index (χ1n) is 5.42. The third-order valence-corrected chi connectivity index (χ3v) is 2.47. The lowest BCUT2D eigenvalue weighted by atomic mass is 10.1. The van der Waals surface area contributed by atoms with Crippen molar-refractivity contribution in [1.82, 2.24) is 5.32 Å². The summed E-state index contributed by atoms with van der Waals surface area (Å²) in [7, 11) is 0. The minimum Gasteiger partial charge on any atom is -0.396 e. The summed E-state index contributed by atoms with van der Waals surface area (Å²) in [5.41, 5.74) is 0.329. The van der Waals surface area contributed by atoms with Crippen LogP contribution in [0.25, 0.3) is 0 Å². The molecule has 0 aliphatic carbocycles. The number of hydrogen-bond donors (Lipinski definition) is 2. The monoisotopic (exact) mass is 229 g/mol. The lowest BCUT2D eigenvalue weighted by Gasteiger charge is -2.13. The van der Waals surface area contributed by atoms with E-state index in [-0.39, 0.29) is 12.6 Å². The zero-order valence-electron chi connectivity index (χ0n) is 9.34. The zero-order chi connectivity index (χ0) is 12.0. The molecule has 16 heavy (non-hydrogen) atoms. The first-order chi connectivity index (χ1) is 7.65. The maximum Gasteiger partial charge on any atom is 0.163 e. The minimum atomic E-state index is -0.817. The van der Waals surface area contributed by atoms with Crippen molar-refractivity contribution in [2.75, 3.05) is 6.61 Å². The molecule has 0 heterocycles. The number of aliphatic hydroxyl groups is 1. The second-order valence-corrected chi connectivity index (χ2v) is 3.86. The molecule has 2 N–H and O–H groups in total. The smallest absolute Gasteiger partial charge is 0.163 e. The fourth-order valence-corrected chi connectivity index (χ4v) is 1.47. The topological polar surface area (TPSA) is 32.3 Å². The average molecular weight is 229 g/mol. The Hall–Kier alpha value is -1.00. The summed E-state index contributed by atoms with van der Waals surface area (Å²) in [6.07, 6.45) is 1.52. The lowest BCUT2D eigenvalue weighted by Crippen LogP contribution is -2.26. The fraction of sp³-hybridized carbons (Fsp3) is 0.500. The van der Waals surface area contributed by atoms with Gasteiger partial charge in [-0.05, 0) is 25.8 Å². The highest BCUT2D eigenvalue weighted by Crippen LogP contribution is 2.11. The number of nitrogens with one attached hydrogen (secondary N) is 1. The third kappa shape index (κ3) is 3.87. The Morgan fingerprint density at radius 2 is 2.12 bits per heavy atom. The largest absolute Gasteiger partial charge is 0.396 e. The summed E-state index contributed by atoms with van der Waals surface area (Å²) < 4.78 is 26.1. The normalized spacial score (nSPS) is 12.8. The molecule has 90 valence electrons. The molecule has 2 nitrogen and oxygen atoms in total. The first-order valence-corrected chi connectivity index (χ1v) is 5.42.